The van der Waals surface area contributed by atoms with Gasteiger partial charge in [-0.05, 0) is 69.2 Å². The van der Waals surface area contributed by atoms with E-state index < -0.39 is 94.6 Å². The van der Waals surface area contributed by atoms with E-state index in [0.29, 0.717) is 5.56 Å². The van der Waals surface area contributed by atoms with Gasteiger partial charge in [0.15, 0.2) is 5.82 Å². The zero-order valence-electron chi connectivity index (χ0n) is 34.9. The quantitative estimate of drug-likeness (QED) is 0.149. The predicted molar refractivity (Wildman–Crippen MR) is 158 cm³/mol. The number of pyridine rings is 4. The van der Waals surface area contributed by atoms with Crippen LogP contribution in [0.1, 0.15) is 59.0 Å². The molecule has 13 nitrogen and oxygen atoms in total. The Bertz CT molecular complexity index is 2250. The van der Waals surface area contributed by atoms with Crippen molar-refractivity contribution in [2.45, 2.75) is 39.4 Å². The van der Waals surface area contributed by atoms with Gasteiger partial charge >= 0.3 is 11.4 Å². The molecule has 4 aromatic heterocycles. The molecule has 2 aliphatic rings. The molecular formula is C27H24Cl2N8O5. The molecule has 15 heteroatoms. The number of carbonyl (C=O) groups is 1. The van der Waals surface area contributed by atoms with Crippen molar-refractivity contribution < 1.29 is 33.8 Å². The monoisotopic (exact) mass is 624 g/mol. The smallest absolute Gasteiger partial charge is 0.309 e. The summed E-state index contributed by atoms with van der Waals surface area (Å²) in [6, 6.07) is 1.39. The van der Waals surface area contributed by atoms with Crippen LogP contribution < -0.4 is 10.2 Å². The second-order valence-corrected chi connectivity index (χ2v) is 8.67. The fourth-order valence-corrected chi connectivity index (χ4v) is 3.85. The fraction of sp³-hybridized carbons (Fsp3) is 0.222. The highest BCUT2D eigenvalue weighted by Crippen LogP contribution is 2.43. The molecule has 0 radical (unpaired) electrons. The van der Waals surface area contributed by atoms with Crippen molar-refractivity contribution in [3.05, 3.63) is 108 Å². The van der Waals surface area contributed by atoms with Crippen LogP contribution >= 0.6 is 23.2 Å². The Kier molecular flexibility index (Phi) is 5.08. The zero-order valence-corrected chi connectivity index (χ0v) is 22.4. The Balaban J connectivity index is 0.000000216. The minimum Gasteiger partial charge on any atom is -0.318 e. The first-order chi connectivity index (χ1) is 25.6. The van der Waals surface area contributed by atoms with Crippen LogP contribution in [0.4, 0.5) is 28.7 Å². The summed E-state index contributed by atoms with van der Waals surface area (Å²) in [6.07, 6.45) is -3.35. The number of aromatic nitrogens is 4. The fourth-order valence-electron chi connectivity index (χ4n) is 3.37. The van der Waals surface area contributed by atoms with Gasteiger partial charge in [-0.25, -0.2) is 19.9 Å². The maximum absolute atomic E-state index is 12.8. The molecule has 1 fully saturated rings. The molecule has 5 heterocycles. The van der Waals surface area contributed by atoms with Gasteiger partial charge in [0.05, 0.1) is 26.6 Å². The second kappa shape index (κ2) is 12.8. The lowest BCUT2D eigenvalue weighted by Gasteiger charge is -2.23. The number of halogens is 2. The topological polar surface area (TPSA) is 170 Å². The first-order valence-corrected chi connectivity index (χ1v) is 12.0. The number of carbonyl (C=O) groups excluding carboxylic acids is 1. The molecular weight excluding hydrogens is 587 g/mol. The molecule has 1 aliphatic carbocycles. The van der Waals surface area contributed by atoms with Gasteiger partial charge in [-0.2, -0.15) is 0 Å². The molecule has 0 unspecified atom stereocenters. The number of fused-ring (bicyclic) bond motifs is 2. The lowest BCUT2D eigenvalue weighted by atomic mass is 10.2. The number of anilines is 3. The number of aryl methyl sites for hydroxylation is 1. The molecule has 1 aliphatic heterocycles. The van der Waals surface area contributed by atoms with Crippen LogP contribution in [-0.4, -0.2) is 41.7 Å². The van der Waals surface area contributed by atoms with E-state index in [4.69, 9.17) is 42.4 Å². The van der Waals surface area contributed by atoms with Crippen molar-refractivity contribution >= 4 is 57.8 Å². The van der Waals surface area contributed by atoms with Crippen molar-refractivity contribution in [1.82, 2.24) is 19.9 Å². The number of hydrogen-bond donors (Lipinski definition) is 1. The SMILES string of the molecule is Cc1ccnc(Cl)c1[N+](=O)[O-].[2H]c1nc(Cl)c([N+](=O)[O-])c(C([2H])([2H])[2H])c1[2H].[2H]c1nc2c(c(C([2H])([2H])[2H])c1[2H])NC(=O)c1cccnc1N2C1C([2H])([2H])C1([2H])[2H]. The van der Waals surface area contributed by atoms with Crippen molar-refractivity contribution in [3.63, 3.8) is 0 Å². The summed E-state index contributed by atoms with van der Waals surface area (Å²) in [5.41, 5.74) is -2.44. The minimum absolute atomic E-state index is 0.0430. The third kappa shape index (κ3) is 6.58. The van der Waals surface area contributed by atoms with E-state index in [2.05, 4.69) is 25.3 Å². The Morgan fingerprint density at radius 2 is 1.60 bits per heavy atom. The second-order valence-electron chi connectivity index (χ2n) is 7.96. The summed E-state index contributed by atoms with van der Waals surface area (Å²) in [7, 11) is 0. The number of hydrogen-bond acceptors (Lipinski definition) is 10. The highest BCUT2D eigenvalue weighted by molar-refractivity contribution is 6.31. The van der Waals surface area contributed by atoms with E-state index in [0.717, 1.165) is 4.90 Å². The highest BCUT2D eigenvalue weighted by atomic mass is 35.5. The number of nitrogens with zero attached hydrogens (tertiary/aromatic N) is 7. The van der Waals surface area contributed by atoms with Crippen molar-refractivity contribution in [2.24, 2.45) is 0 Å². The van der Waals surface area contributed by atoms with Crippen LogP contribution in [0.2, 0.25) is 10.3 Å². The van der Waals surface area contributed by atoms with Gasteiger partial charge in [-0.3, -0.25) is 25.0 Å². The van der Waals surface area contributed by atoms with Crippen molar-refractivity contribution in [1.29, 1.82) is 0 Å². The van der Waals surface area contributed by atoms with Gasteiger partial charge in [-0.1, -0.05) is 23.2 Å². The number of rotatable bonds is 3. The maximum Gasteiger partial charge on any atom is 0.309 e. The van der Waals surface area contributed by atoms with E-state index >= 15 is 0 Å². The van der Waals surface area contributed by atoms with E-state index in [1.807, 2.05) is 0 Å². The molecule has 42 heavy (non-hydrogen) atoms. The molecule has 4 aromatic rings. The first-order valence-electron chi connectivity index (χ1n) is 18.2. The molecule has 1 saturated carbocycles. The van der Waals surface area contributed by atoms with Crippen LogP contribution in [0.3, 0.4) is 0 Å². The largest absolute Gasteiger partial charge is 0.318 e. The summed E-state index contributed by atoms with van der Waals surface area (Å²) in [5, 5.41) is 22.6. The van der Waals surface area contributed by atoms with Crippen LogP contribution in [0, 0.1) is 40.9 Å². The molecule has 1 N–H and O–H groups in total. The first kappa shape index (κ1) is 16.6. The van der Waals surface area contributed by atoms with Crippen LogP contribution in [0.5, 0.6) is 0 Å². The van der Waals surface area contributed by atoms with E-state index in [1.165, 1.54) is 24.5 Å². The molecule has 0 bridgehead atoms. The van der Waals surface area contributed by atoms with Crippen LogP contribution in [0.15, 0.2) is 55.0 Å². The predicted octanol–water partition coefficient (Wildman–Crippen LogP) is 6.55. The zero-order chi connectivity index (χ0) is 42.6. The maximum atomic E-state index is 12.8. The van der Waals surface area contributed by atoms with Crippen molar-refractivity contribution in [2.75, 3.05) is 10.2 Å². The Hall–Kier alpha value is -4.75. The van der Waals surface area contributed by atoms with Crippen LogP contribution in [0.25, 0.3) is 0 Å². The minimum atomic E-state index is -2.89. The molecule has 0 aromatic carbocycles. The number of amides is 1. The Morgan fingerprint density at radius 3 is 2.21 bits per heavy atom. The van der Waals surface area contributed by atoms with Gasteiger partial charge in [0.1, 0.15) is 5.82 Å². The van der Waals surface area contributed by atoms with E-state index in [-0.39, 0.29) is 33.7 Å². The summed E-state index contributed by atoms with van der Waals surface area (Å²) >= 11 is 10.9. The summed E-state index contributed by atoms with van der Waals surface area (Å²) in [5.74, 6) is -1.21. The van der Waals surface area contributed by atoms with Gasteiger partial charge in [0.25, 0.3) is 5.91 Å². The van der Waals surface area contributed by atoms with Gasteiger partial charge < -0.3 is 10.2 Å². The Labute approximate surface area is 269 Å². The molecule has 216 valence electrons. The normalized spacial score (nSPS) is 21.0. The van der Waals surface area contributed by atoms with Crippen LogP contribution in [-0.2, 0) is 0 Å². The van der Waals surface area contributed by atoms with E-state index in [9.17, 15) is 25.0 Å². The van der Waals surface area contributed by atoms with Gasteiger partial charge in [-0.15, -0.1) is 0 Å². The summed E-state index contributed by atoms with van der Waals surface area (Å²) in [6.45, 7) is -4.15. The Morgan fingerprint density at radius 1 is 0.952 bits per heavy atom. The average Bonchev–Trinajstić information content (AvgIpc) is 3.50. The van der Waals surface area contributed by atoms with E-state index in [1.54, 1.807) is 13.0 Å². The number of nitro groups is 2. The van der Waals surface area contributed by atoms with Gasteiger partial charge in [0.2, 0.25) is 10.3 Å². The average molecular weight is 626 g/mol. The van der Waals surface area contributed by atoms with Crippen molar-refractivity contribution in [3.8, 4) is 0 Å². The lowest BCUT2D eigenvalue weighted by molar-refractivity contribution is -0.385. The third-order valence-electron chi connectivity index (χ3n) is 5.29. The standard InChI is InChI=1S/C15H14N4O.2C6H5ClN2O2/c1-9-6-8-17-14-12(9)18-15(20)11-3-2-7-16-13(11)19(14)10-4-5-10;2*1-4-2-3-8-6(7)5(4)9(10)11/h2-3,6-8,10H,4-5H2,1H3,(H,18,20);2*2-3H,1H3/i1D3,4D2,5D2,6D,8D;1D3,2D,3D;. The molecule has 0 atom stereocenters. The molecule has 1 amide bonds. The highest BCUT2D eigenvalue weighted by Gasteiger charge is 2.37. The molecule has 0 spiro atoms. The number of nitrogens with one attached hydrogen (secondary N) is 1. The van der Waals surface area contributed by atoms with Gasteiger partial charge in [0, 0.05) is 55.6 Å². The summed E-state index contributed by atoms with van der Waals surface area (Å²) in [4.78, 5) is 48.0. The molecule has 0 saturated heterocycles. The lowest BCUT2D eigenvalue weighted by Crippen LogP contribution is -2.22. The summed E-state index contributed by atoms with van der Waals surface area (Å²) < 4.78 is 107. The third-order valence-corrected chi connectivity index (χ3v) is 5.83. The molecule has 6 rings (SSSR count).